The summed E-state index contributed by atoms with van der Waals surface area (Å²) < 4.78 is 4.97. The summed E-state index contributed by atoms with van der Waals surface area (Å²) in [6, 6.07) is 11.0. The average molecular weight is 328 g/mol. The van der Waals surface area contributed by atoms with E-state index in [0.29, 0.717) is 5.56 Å². The van der Waals surface area contributed by atoms with E-state index in [4.69, 9.17) is 9.84 Å². The molecule has 1 amide bonds. The van der Waals surface area contributed by atoms with Gasteiger partial charge in [-0.05, 0) is 30.7 Å². The molecule has 2 rings (SSSR count). The molecule has 0 saturated heterocycles. The van der Waals surface area contributed by atoms with Crippen molar-refractivity contribution in [2.24, 2.45) is 0 Å². The Morgan fingerprint density at radius 1 is 1.21 bits per heavy atom. The third-order valence-corrected chi connectivity index (χ3v) is 3.68. The minimum atomic E-state index is -1.06. The van der Waals surface area contributed by atoms with Crippen LogP contribution in [0, 0.1) is 6.92 Å². The second-order valence-corrected chi connectivity index (χ2v) is 5.31. The van der Waals surface area contributed by atoms with Gasteiger partial charge >= 0.3 is 5.97 Å². The number of benzene rings is 1. The van der Waals surface area contributed by atoms with Crippen molar-refractivity contribution >= 4 is 11.9 Å². The smallest absolute Gasteiger partial charge is 0.323 e. The van der Waals surface area contributed by atoms with Gasteiger partial charge in [0, 0.05) is 31.0 Å². The van der Waals surface area contributed by atoms with Gasteiger partial charge in [0.2, 0.25) is 0 Å². The average Bonchev–Trinajstić information content (AvgIpc) is 2.58. The molecule has 6 nitrogen and oxygen atoms in total. The molecule has 1 N–H and O–H groups in total. The minimum Gasteiger partial charge on any atom is -0.480 e. The van der Waals surface area contributed by atoms with Gasteiger partial charge in [-0.15, -0.1) is 0 Å². The van der Waals surface area contributed by atoms with Crippen LogP contribution in [-0.4, -0.2) is 53.7 Å². The molecule has 2 aromatic rings. The summed E-state index contributed by atoms with van der Waals surface area (Å²) in [5, 5.41) is 9.04. The molecule has 0 bridgehead atoms. The van der Waals surface area contributed by atoms with E-state index in [1.165, 1.54) is 12.0 Å². The van der Waals surface area contributed by atoms with E-state index in [-0.39, 0.29) is 25.6 Å². The number of methoxy groups -OCH3 is 1. The number of carbonyl (C=O) groups excluding carboxylic acids is 1. The molecule has 24 heavy (non-hydrogen) atoms. The van der Waals surface area contributed by atoms with Gasteiger partial charge in [-0.3, -0.25) is 14.6 Å². The van der Waals surface area contributed by atoms with Gasteiger partial charge in [0.05, 0.1) is 12.3 Å². The highest BCUT2D eigenvalue weighted by molar-refractivity contribution is 5.98. The predicted molar refractivity (Wildman–Crippen MR) is 89.8 cm³/mol. The highest BCUT2D eigenvalue weighted by Crippen LogP contribution is 2.24. The molecule has 0 saturated carbocycles. The first-order valence-corrected chi connectivity index (χ1v) is 7.55. The Hall–Kier alpha value is -2.73. The van der Waals surface area contributed by atoms with E-state index < -0.39 is 5.97 Å². The SMILES string of the molecule is COCCN(CC(=O)O)C(=O)c1cccc(-c2ccccn2)c1C. The highest BCUT2D eigenvalue weighted by atomic mass is 16.5. The van der Waals surface area contributed by atoms with Crippen LogP contribution < -0.4 is 0 Å². The fourth-order valence-corrected chi connectivity index (χ4v) is 2.45. The van der Waals surface area contributed by atoms with Crippen molar-refractivity contribution in [3.05, 3.63) is 53.7 Å². The molecule has 0 aliphatic heterocycles. The molecular formula is C18H20N2O4. The molecule has 0 fully saturated rings. The standard InChI is InChI=1S/C18H20N2O4/c1-13-14(16-8-3-4-9-19-16)6-5-7-15(13)18(23)20(10-11-24-2)12-17(21)22/h3-9H,10-12H2,1-2H3,(H,21,22). The van der Waals surface area contributed by atoms with Crippen LogP contribution in [0.5, 0.6) is 0 Å². The fraction of sp³-hybridized carbons (Fsp3) is 0.278. The molecule has 0 unspecified atom stereocenters. The summed E-state index contributed by atoms with van der Waals surface area (Å²) in [6.07, 6.45) is 1.69. The van der Waals surface area contributed by atoms with Crippen LogP contribution in [0.15, 0.2) is 42.6 Å². The fourth-order valence-electron chi connectivity index (χ4n) is 2.45. The Labute approximate surface area is 140 Å². The Morgan fingerprint density at radius 3 is 2.62 bits per heavy atom. The Bertz CT molecular complexity index is 716. The van der Waals surface area contributed by atoms with Gasteiger partial charge in [0.15, 0.2) is 0 Å². The van der Waals surface area contributed by atoms with E-state index in [2.05, 4.69) is 4.98 Å². The number of hydrogen-bond donors (Lipinski definition) is 1. The molecule has 0 radical (unpaired) electrons. The monoisotopic (exact) mass is 328 g/mol. The number of nitrogens with zero attached hydrogens (tertiary/aromatic N) is 2. The van der Waals surface area contributed by atoms with Crippen LogP contribution in [0.1, 0.15) is 15.9 Å². The first kappa shape index (κ1) is 17.6. The van der Waals surface area contributed by atoms with Crippen LogP contribution >= 0.6 is 0 Å². The normalized spacial score (nSPS) is 10.4. The Kier molecular flexibility index (Phi) is 6.03. The molecule has 1 aromatic carbocycles. The molecule has 1 aromatic heterocycles. The van der Waals surface area contributed by atoms with Crippen LogP contribution in [0.4, 0.5) is 0 Å². The van der Waals surface area contributed by atoms with Crippen molar-refractivity contribution in [2.75, 3.05) is 26.8 Å². The van der Waals surface area contributed by atoms with Gasteiger partial charge < -0.3 is 14.7 Å². The van der Waals surface area contributed by atoms with E-state index in [9.17, 15) is 9.59 Å². The number of amides is 1. The lowest BCUT2D eigenvalue weighted by Gasteiger charge is -2.22. The number of rotatable bonds is 7. The Morgan fingerprint density at radius 2 is 2.00 bits per heavy atom. The number of ether oxygens (including phenoxy) is 1. The number of carboxylic acid groups (broad SMARTS) is 1. The maximum absolute atomic E-state index is 12.8. The van der Waals surface area contributed by atoms with Crippen molar-refractivity contribution in [2.45, 2.75) is 6.92 Å². The molecule has 0 aliphatic rings. The zero-order chi connectivity index (χ0) is 17.5. The second-order valence-electron chi connectivity index (χ2n) is 5.31. The van der Waals surface area contributed by atoms with Crippen LogP contribution in [0.25, 0.3) is 11.3 Å². The number of pyridine rings is 1. The molecule has 6 heteroatoms. The number of carboxylic acids is 1. The molecular weight excluding hydrogens is 308 g/mol. The third kappa shape index (κ3) is 4.17. The lowest BCUT2D eigenvalue weighted by Crippen LogP contribution is -2.38. The lowest BCUT2D eigenvalue weighted by molar-refractivity contribution is -0.137. The maximum atomic E-state index is 12.8. The van der Waals surface area contributed by atoms with E-state index in [0.717, 1.165) is 16.8 Å². The first-order chi connectivity index (χ1) is 11.5. The van der Waals surface area contributed by atoms with E-state index >= 15 is 0 Å². The van der Waals surface area contributed by atoms with E-state index in [1.54, 1.807) is 18.3 Å². The predicted octanol–water partition coefficient (Wildman–Crippen LogP) is 2.23. The molecule has 1 heterocycles. The van der Waals surface area contributed by atoms with Gasteiger partial charge in [-0.2, -0.15) is 0 Å². The van der Waals surface area contributed by atoms with Crippen LogP contribution in [0.2, 0.25) is 0 Å². The summed E-state index contributed by atoms with van der Waals surface area (Å²) in [7, 11) is 1.51. The summed E-state index contributed by atoms with van der Waals surface area (Å²) in [4.78, 5) is 29.4. The number of carbonyl (C=O) groups is 2. The van der Waals surface area contributed by atoms with Crippen molar-refractivity contribution in [3.63, 3.8) is 0 Å². The second kappa shape index (κ2) is 8.21. The number of hydrogen-bond acceptors (Lipinski definition) is 4. The van der Waals surface area contributed by atoms with Crippen molar-refractivity contribution in [1.82, 2.24) is 9.88 Å². The van der Waals surface area contributed by atoms with Gasteiger partial charge in [-0.25, -0.2) is 0 Å². The first-order valence-electron chi connectivity index (χ1n) is 7.55. The topological polar surface area (TPSA) is 79.7 Å². The molecule has 0 aliphatic carbocycles. The minimum absolute atomic E-state index is 0.217. The zero-order valence-corrected chi connectivity index (χ0v) is 13.7. The summed E-state index contributed by atoms with van der Waals surface area (Å²) >= 11 is 0. The summed E-state index contributed by atoms with van der Waals surface area (Å²) in [5.41, 5.74) is 2.86. The Balaban J connectivity index is 2.36. The van der Waals surface area contributed by atoms with Crippen molar-refractivity contribution in [1.29, 1.82) is 0 Å². The number of aromatic nitrogens is 1. The van der Waals surface area contributed by atoms with Gasteiger partial charge in [0.1, 0.15) is 6.54 Å². The summed E-state index contributed by atoms with van der Waals surface area (Å²) in [5.74, 6) is -1.39. The molecule has 0 atom stereocenters. The summed E-state index contributed by atoms with van der Waals surface area (Å²) in [6.45, 7) is 1.97. The van der Waals surface area contributed by atoms with Crippen LogP contribution in [0.3, 0.4) is 0 Å². The third-order valence-electron chi connectivity index (χ3n) is 3.68. The maximum Gasteiger partial charge on any atom is 0.323 e. The highest BCUT2D eigenvalue weighted by Gasteiger charge is 2.21. The lowest BCUT2D eigenvalue weighted by atomic mass is 9.98. The molecule has 0 spiro atoms. The number of aliphatic carboxylic acids is 1. The zero-order valence-electron chi connectivity index (χ0n) is 13.7. The van der Waals surface area contributed by atoms with Crippen LogP contribution in [-0.2, 0) is 9.53 Å². The van der Waals surface area contributed by atoms with E-state index in [1.807, 2.05) is 31.2 Å². The largest absolute Gasteiger partial charge is 0.480 e. The van der Waals surface area contributed by atoms with Gasteiger partial charge in [-0.1, -0.05) is 18.2 Å². The van der Waals surface area contributed by atoms with Crippen molar-refractivity contribution in [3.8, 4) is 11.3 Å². The van der Waals surface area contributed by atoms with Crippen molar-refractivity contribution < 1.29 is 19.4 Å². The quantitative estimate of drug-likeness (QED) is 0.843. The van der Waals surface area contributed by atoms with Gasteiger partial charge in [0.25, 0.3) is 5.91 Å². The molecule has 126 valence electrons.